The van der Waals surface area contributed by atoms with E-state index in [2.05, 4.69) is 21.4 Å². The highest BCUT2D eigenvalue weighted by Crippen LogP contribution is 2.20. The Labute approximate surface area is 153 Å². The molecule has 0 unspecified atom stereocenters. The Hall–Kier alpha value is -2.07. The van der Waals surface area contributed by atoms with E-state index in [1.807, 2.05) is 31.2 Å². The molecular weight excluding hydrogens is 334 g/mol. The fourth-order valence-corrected chi connectivity index (χ4v) is 3.31. The average Bonchev–Trinajstić information content (AvgIpc) is 2.61. The minimum absolute atomic E-state index is 0.0816. The Morgan fingerprint density at radius 3 is 2.72 bits per heavy atom. The molecule has 2 aromatic rings. The number of nitrogens with zero attached hydrogens (tertiary/aromatic N) is 1. The minimum atomic E-state index is -0.0816. The second-order valence-electron chi connectivity index (χ2n) is 6.57. The summed E-state index contributed by atoms with van der Waals surface area (Å²) in [5, 5.41) is 3.94. The smallest absolute Gasteiger partial charge is 0.256 e. The molecule has 0 spiro atoms. The molecule has 1 aromatic carbocycles. The van der Waals surface area contributed by atoms with Gasteiger partial charge in [-0.25, -0.2) is 4.98 Å². The maximum absolute atomic E-state index is 12.4. The van der Waals surface area contributed by atoms with Crippen molar-refractivity contribution in [3.05, 3.63) is 68.1 Å². The largest absolute Gasteiger partial charge is 0.355 e. The Kier molecular flexibility index (Phi) is 5.92. The molecule has 1 heterocycles. The van der Waals surface area contributed by atoms with Gasteiger partial charge in [-0.15, -0.1) is 0 Å². The molecule has 3 rings (SSSR count). The van der Waals surface area contributed by atoms with Gasteiger partial charge in [0.25, 0.3) is 5.56 Å². The van der Waals surface area contributed by atoms with Crippen LogP contribution in [0, 0.1) is 6.92 Å². The van der Waals surface area contributed by atoms with Crippen LogP contribution in [-0.4, -0.2) is 16.5 Å². The molecular formula is C20H24ClN3O. The van der Waals surface area contributed by atoms with E-state index < -0.39 is 0 Å². The van der Waals surface area contributed by atoms with Gasteiger partial charge in [-0.2, -0.15) is 0 Å². The molecule has 1 aliphatic carbocycles. The van der Waals surface area contributed by atoms with Crippen molar-refractivity contribution in [2.45, 2.75) is 45.4 Å². The van der Waals surface area contributed by atoms with E-state index in [0.29, 0.717) is 23.0 Å². The predicted octanol–water partition coefficient (Wildman–Crippen LogP) is 4.62. The molecule has 0 bridgehead atoms. The summed E-state index contributed by atoms with van der Waals surface area (Å²) in [5.74, 6) is 0.554. The fourth-order valence-electron chi connectivity index (χ4n) is 3.18. The Morgan fingerprint density at radius 2 is 2.04 bits per heavy atom. The Bertz CT molecular complexity index is 809. The van der Waals surface area contributed by atoms with Crippen LogP contribution in [0.3, 0.4) is 0 Å². The third-order valence-corrected chi connectivity index (χ3v) is 4.89. The molecule has 2 N–H and O–H groups in total. The lowest BCUT2D eigenvalue weighted by molar-refractivity contribution is 0.679. The van der Waals surface area contributed by atoms with E-state index in [1.54, 1.807) is 0 Å². The third kappa shape index (κ3) is 4.95. The van der Waals surface area contributed by atoms with Crippen LogP contribution in [-0.2, 0) is 6.42 Å². The summed E-state index contributed by atoms with van der Waals surface area (Å²) < 4.78 is 0. The number of aromatic amines is 1. The highest BCUT2D eigenvalue weighted by atomic mass is 35.5. The predicted molar refractivity (Wildman–Crippen MR) is 104 cm³/mol. The Balaban J connectivity index is 1.64. The van der Waals surface area contributed by atoms with Crippen molar-refractivity contribution >= 4 is 17.5 Å². The summed E-state index contributed by atoms with van der Waals surface area (Å²) in [6.45, 7) is 2.68. The lowest BCUT2D eigenvalue weighted by atomic mass is 9.97. The van der Waals surface area contributed by atoms with Gasteiger partial charge in [0, 0.05) is 23.6 Å². The molecule has 0 saturated heterocycles. The van der Waals surface area contributed by atoms with Crippen molar-refractivity contribution < 1.29 is 0 Å². The van der Waals surface area contributed by atoms with E-state index in [0.717, 1.165) is 24.2 Å². The number of nitrogens with one attached hydrogen (secondary N) is 2. The van der Waals surface area contributed by atoms with Crippen LogP contribution in [0.2, 0.25) is 5.02 Å². The van der Waals surface area contributed by atoms with Crippen LogP contribution in [0.5, 0.6) is 0 Å². The molecule has 25 heavy (non-hydrogen) atoms. The van der Waals surface area contributed by atoms with E-state index in [4.69, 9.17) is 11.6 Å². The number of halogens is 1. The van der Waals surface area contributed by atoms with E-state index >= 15 is 0 Å². The van der Waals surface area contributed by atoms with Gasteiger partial charge >= 0.3 is 0 Å². The van der Waals surface area contributed by atoms with E-state index in [-0.39, 0.29) is 5.56 Å². The number of allylic oxidation sites excluding steroid dienone is 1. The molecule has 132 valence electrons. The first-order chi connectivity index (χ1) is 12.1. The molecule has 0 amide bonds. The number of H-pyrrole nitrogens is 1. The lowest BCUT2D eigenvalue weighted by Gasteiger charge is -2.13. The van der Waals surface area contributed by atoms with E-state index in [1.165, 1.54) is 31.3 Å². The second kappa shape index (κ2) is 8.34. The summed E-state index contributed by atoms with van der Waals surface area (Å²) in [6, 6.07) is 7.55. The summed E-state index contributed by atoms with van der Waals surface area (Å²) in [4.78, 5) is 19.8. The molecule has 4 nitrogen and oxygen atoms in total. The minimum Gasteiger partial charge on any atom is -0.355 e. The van der Waals surface area contributed by atoms with Crippen LogP contribution >= 0.6 is 11.6 Å². The van der Waals surface area contributed by atoms with Gasteiger partial charge in [0.2, 0.25) is 5.95 Å². The first-order valence-corrected chi connectivity index (χ1v) is 9.25. The topological polar surface area (TPSA) is 57.8 Å². The summed E-state index contributed by atoms with van der Waals surface area (Å²) >= 11 is 5.91. The second-order valence-corrected chi connectivity index (χ2v) is 7.00. The fraction of sp³-hybridized carbons (Fsp3) is 0.400. The average molecular weight is 358 g/mol. The number of benzene rings is 1. The first-order valence-electron chi connectivity index (χ1n) is 8.88. The maximum Gasteiger partial charge on any atom is 0.256 e. The molecule has 0 radical (unpaired) electrons. The lowest BCUT2D eigenvalue weighted by Crippen LogP contribution is -2.20. The first kappa shape index (κ1) is 17.7. The van der Waals surface area contributed by atoms with Gasteiger partial charge in [0.15, 0.2) is 0 Å². The van der Waals surface area contributed by atoms with Crippen molar-refractivity contribution in [2.24, 2.45) is 0 Å². The molecule has 0 saturated carbocycles. The molecule has 5 heteroatoms. The number of aromatic nitrogens is 2. The monoisotopic (exact) mass is 357 g/mol. The molecule has 1 aromatic heterocycles. The highest BCUT2D eigenvalue weighted by molar-refractivity contribution is 6.30. The third-order valence-electron chi connectivity index (χ3n) is 4.64. The number of hydrogen-bond acceptors (Lipinski definition) is 3. The van der Waals surface area contributed by atoms with Crippen LogP contribution in [0.1, 0.15) is 48.9 Å². The van der Waals surface area contributed by atoms with Crippen LogP contribution in [0.4, 0.5) is 5.95 Å². The highest BCUT2D eigenvalue weighted by Gasteiger charge is 2.10. The standard InChI is InChI=1S/C20H24ClN3O/c1-14-18(13-16-7-9-17(21)10-8-16)19(25)24-20(23-14)22-12-11-15-5-3-2-4-6-15/h5,7-10H,2-4,6,11-13H2,1H3,(H2,22,23,24,25). The number of aryl methyl sites for hydroxylation is 1. The van der Waals surface area contributed by atoms with Crippen molar-refractivity contribution in [3.63, 3.8) is 0 Å². The maximum atomic E-state index is 12.4. The van der Waals surface area contributed by atoms with Crippen molar-refractivity contribution in [3.8, 4) is 0 Å². The van der Waals surface area contributed by atoms with Gasteiger partial charge in [-0.05, 0) is 56.7 Å². The molecule has 1 aliphatic rings. The van der Waals surface area contributed by atoms with E-state index in [9.17, 15) is 4.79 Å². The van der Waals surface area contributed by atoms with Crippen molar-refractivity contribution in [2.75, 3.05) is 11.9 Å². The van der Waals surface area contributed by atoms with Gasteiger partial charge in [0.1, 0.15) is 0 Å². The molecule has 0 fully saturated rings. The normalized spacial score (nSPS) is 14.2. The SMILES string of the molecule is Cc1nc(NCCC2=CCCCC2)[nH]c(=O)c1Cc1ccc(Cl)cc1. The Morgan fingerprint density at radius 1 is 1.24 bits per heavy atom. The summed E-state index contributed by atoms with van der Waals surface area (Å²) in [5.41, 5.74) is 3.93. The van der Waals surface area contributed by atoms with Crippen LogP contribution in [0.15, 0.2) is 40.7 Å². The number of hydrogen-bond donors (Lipinski definition) is 2. The number of rotatable bonds is 6. The van der Waals surface area contributed by atoms with Crippen LogP contribution in [0.25, 0.3) is 0 Å². The number of anilines is 1. The summed E-state index contributed by atoms with van der Waals surface area (Å²) in [7, 11) is 0. The molecule has 0 atom stereocenters. The summed E-state index contributed by atoms with van der Waals surface area (Å²) in [6.07, 6.45) is 8.91. The van der Waals surface area contributed by atoms with Crippen molar-refractivity contribution in [1.29, 1.82) is 0 Å². The zero-order valence-corrected chi connectivity index (χ0v) is 15.3. The quantitative estimate of drug-likeness (QED) is 0.741. The van der Waals surface area contributed by atoms with Gasteiger partial charge < -0.3 is 5.32 Å². The van der Waals surface area contributed by atoms with Gasteiger partial charge in [-0.3, -0.25) is 9.78 Å². The van der Waals surface area contributed by atoms with Gasteiger partial charge in [0.05, 0.1) is 5.69 Å². The zero-order chi connectivity index (χ0) is 17.6. The van der Waals surface area contributed by atoms with Gasteiger partial charge in [-0.1, -0.05) is 35.4 Å². The molecule has 0 aliphatic heterocycles. The van der Waals surface area contributed by atoms with Crippen LogP contribution < -0.4 is 10.9 Å². The van der Waals surface area contributed by atoms with Crippen molar-refractivity contribution in [1.82, 2.24) is 9.97 Å². The zero-order valence-electron chi connectivity index (χ0n) is 14.6.